The maximum Gasteiger partial charge on any atom is 0.325 e. The molecule has 0 aromatic heterocycles. The fourth-order valence-electron chi connectivity index (χ4n) is 2.38. The molecule has 0 bridgehead atoms. The topological polar surface area (TPSA) is 40.5 Å². The Bertz CT molecular complexity index is 402. The van der Waals surface area contributed by atoms with Gasteiger partial charge in [0, 0.05) is 4.90 Å². The summed E-state index contributed by atoms with van der Waals surface area (Å²) in [5.41, 5.74) is 0.925. The predicted molar refractivity (Wildman–Crippen MR) is 69.4 cm³/mol. The van der Waals surface area contributed by atoms with Crippen molar-refractivity contribution in [2.24, 2.45) is 0 Å². The number of nitrogens with zero attached hydrogens (tertiary/aromatic N) is 1. The van der Waals surface area contributed by atoms with Crippen LogP contribution in [0.2, 0.25) is 0 Å². The fourth-order valence-corrected chi connectivity index (χ4v) is 3.01. The van der Waals surface area contributed by atoms with Gasteiger partial charge in [-0.1, -0.05) is 18.2 Å². The molecule has 1 aromatic rings. The minimum Gasteiger partial charge on any atom is -0.480 e. The van der Waals surface area contributed by atoms with Crippen molar-refractivity contribution in [1.82, 2.24) is 4.90 Å². The van der Waals surface area contributed by atoms with Gasteiger partial charge < -0.3 is 5.11 Å². The number of hydrogen-bond acceptors (Lipinski definition) is 3. The molecular weight excluding hydrogens is 234 g/mol. The number of rotatable bonds is 4. The first-order valence-electron chi connectivity index (χ1n) is 5.84. The van der Waals surface area contributed by atoms with E-state index in [1.807, 2.05) is 30.5 Å². The maximum atomic E-state index is 11.5. The first-order chi connectivity index (χ1) is 8.24. The highest BCUT2D eigenvalue weighted by molar-refractivity contribution is 7.98. The van der Waals surface area contributed by atoms with E-state index in [1.165, 1.54) is 0 Å². The summed E-state index contributed by atoms with van der Waals surface area (Å²) in [6, 6.07) is 7.31. The number of carbonyl (C=O) groups is 1. The van der Waals surface area contributed by atoms with Crippen LogP contribution in [0.15, 0.2) is 29.2 Å². The van der Waals surface area contributed by atoms with Crippen molar-refractivity contribution in [3.05, 3.63) is 29.8 Å². The van der Waals surface area contributed by atoms with Gasteiger partial charge in [-0.25, -0.2) is 0 Å². The van der Waals surface area contributed by atoms with E-state index in [1.54, 1.807) is 11.8 Å². The summed E-state index contributed by atoms with van der Waals surface area (Å²) < 4.78 is 0. The third kappa shape index (κ3) is 2.64. The van der Waals surface area contributed by atoms with Crippen molar-refractivity contribution in [3.63, 3.8) is 0 Å². The number of carboxylic acid groups (broad SMARTS) is 1. The molecule has 1 atom stereocenters. The Morgan fingerprint density at radius 3 is 2.59 bits per heavy atom. The maximum absolute atomic E-state index is 11.5. The molecule has 1 fully saturated rings. The van der Waals surface area contributed by atoms with Crippen LogP contribution in [0.4, 0.5) is 0 Å². The lowest BCUT2D eigenvalue weighted by Crippen LogP contribution is -2.32. The minimum absolute atomic E-state index is 0.485. The van der Waals surface area contributed by atoms with Gasteiger partial charge in [-0.2, -0.15) is 0 Å². The van der Waals surface area contributed by atoms with E-state index in [0.29, 0.717) is 0 Å². The van der Waals surface area contributed by atoms with Crippen LogP contribution in [0.25, 0.3) is 0 Å². The molecule has 0 amide bonds. The SMILES string of the molecule is CSc1ccccc1C(C(=O)O)N1CCCC1. The summed E-state index contributed by atoms with van der Waals surface area (Å²) >= 11 is 1.61. The predicted octanol–water partition coefficient (Wildman–Crippen LogP) is 2.63. The van der Waals surface area contributed by atoms with Gasteiger partial charge in [0.1, 0.15) is 6.04 Å². The van der Waals surface area contributed by atoms with Gasteiger partial charge in [-0.05, 0) is 43.8 Å². The van der Waals surface area contributed by atoms with Crippen LogP contribution in [0.1, 0.15) is 24.4 Å². The molecule has 0 aliphatic carbocycles. The third-order valence-electron chi connectivity index (χ3n) is 3.17. The molecule has 0 saturated carbocycles. The average Bonchev–Trinajstić information content (AvgIpc) is 2.83. The Morgan fingerprint density at radius 1 is 1.35 bits per heavy atom. The van der Waals surface area contributed by atoms with Crippen LogP contribution < -0.4 is 0 Å². The summed E-state index contributed by atoms with van der Waals surface area (Å²) in [4.78, 5) is 14.6. The van der Waals surface area contributed by atoms with Gasteiger partial charge in [-0.3, -0.25) is 9.69 Å². The van der Waals surface area contributed by atoms with E-state index in [4.69, 9.17) is 0 Å². The second-order valence-electron chi connectivity index (χ2n) is 4.23. The van der Waals surface area contributed by atoms with Crippen LogP contribution in [-0.4, -0.2) is 35.3 Å². The summed E-state index contributed by atoms with van der Waals surface area (Å²) in [7, 11) is 0. The highest BCUT2D eigenvalue weighted by Crippen LogP contribution is 2.31. The Kier molecular flexibility index (Phi) is 4.07. The van der Waals surface area contributed by atoms with Gasteiger partial charge in [0.25, 0.3) is 0 Å². The standard InChI is InChI=1S/C13H17NO2S/c1-17-11-7-3-2-6-10(11)12(13(15)16)14-8-4-5-9-14/h2-3,6-7,12H,4-5,8-9H2,1H3,(H,15,16). The van der Waals surface area contributed by atoms with E-state index in [-0.39, 0.29) is 0 Å². The minimum atomic E-state index is -0.742. The lowest BCUT2D eigenvalue weighted by molar-refractivity contribution is -0.143. The molecule has 1 heterocycles. The molecule has 1 aliphatic heterocycles. The quantitative estimate of drug-likeness (QED) is 0.835. The smallest absolute Gasteiger partial charge is 0.325 e. The van der Waals surface area contributed by atoms with Crippen LogP contribution >= 0.6 is 11.8 Å². The average molecular weight is 251 g/mol. The van der Waals surface area contributed by atoms with Crippen LogP contribution in [0.3, 0.4) is 0 Å². The zero-order valence-electron chi connectivity index (χ0n) is 9.93. The van der Waals surface area contributed by atoms with Crippen molar-refractivity contribution < 1.29 is 9.90 Å². The lowest BCUT2D eigenvalue weighted by Gasteiger charge is -2.25. The number of likely N-dealkylation sites (tertiary alicyclic amines) is 1. The third-order valence-corrected chi connectivity index (χ3v) is 3.98. The molecule has 4 heteroatoms. The molecule has 3 nitrogen and oxygen atoms in total. The molecule has 2 rings (SSSR count). The second-order valence-corrected chi connectivity index (χ2v) is 5.07. The molecule has 1 N–H and O–H groups in total. The van der Waals surface area contributed by atoms with Gasteiger partial charge in [-0.15, -0.1) is 11.8 Å². The van der Waals surface area contributed by atoms with E-state index in [2.05, 4.69) is 4.90 Å². The van der Waals surface area contributed by atoms with E-state index in [9.17, 15) is 9.90 Å². The Balaban J connectivity index is 2.34. The Labute approximate surface area is 106 Å². The van der Waals surface area contributed by atoms with Gasteiger partial charge in [0.2, 0.25) is 0 Å². The Morgan fingerprint density at radius 2 is 2.00 bits per heavy atom. The first-order valence-corrected chi connectivity index (χ1v) is 7.06. The van der Waals surface area contributed by atoms with E-state index in [0.717, 1.165) is 36.4 Å². The van der Waals surface area contributed by atoms with Crippen molar-refractivity contribution in [3.8, 4) is 0 Å². The zero-order valence-corrected chi connectivity index (χ0v) is 10.7. The van der Waals surface area contributed by atoms with Gasteiger partial charge in [0.05, 0.1) is 0 Å². The number of benzene rings is 1. The van der Waals surface area contributed by atoms with Crippen molar-refractivity contribution in [2.45, 2.75) is 23.8 Å². The van der Waals surface area contributed by atoms with Crippen LogP contribution in [0, 0.1) is 0 Å². The van der Waals surface area contributed by atoms with Crippen molar-refractivity contribution in [2.75, 3.05) is 19.3 Å². The number of hydrogen-bond donors (Lipinski definition) is 1. The first kappa shape index (κ1) is 12.5. The summed E-state index contributed by atoms with van der Waals surface area (Å²) in [5.74, 6) is -0.742. The van der Waals surface area contributed by atoms with Crippen LogP contribution in [0.5, 0.6) is 0 Å². The molecule has 1 aliphatic rings. The molecule has 92 valence electrons. The van der Waals surface area contributed by atoms with Gasteiger partial charge in [0.15, 0.2) is 0 Å². The van der Waals surface area contributed by atoms with E-state index < -0.39 is 12.0 Å². The molecule has 1 unspecified atom stereocenters. The molecule has 0 spiro atoms. The normalized spacial score (nSPS) is 18.2. The largest absolute Gasteiger partial charge is 0.480 e. The zero-order chi connectivity index (χ0) is 12.3. The highest BCUT2D eigenvalue weighted by Gasteiger charge is 2.30. The van der Waals surface area contributed by atoms with Crippen LogP contribution in [-0.2, 0) is 4.79 Å². The van der Waals surface area contributed by atoms with Crippen molar-refractivity contribution in [1.29, 1.82) is 0 Å². The summed E-state index contributed by atoms with van der Waals surface area (Å²) in [6.45, 7) is 1.78. The number of aliphatic carboxylic acids is 1. The fraction of sp³-hybridized carbons (Fsp3) is 0.462. The molecule has 0 radical (unpaired) electrons. The van der Waals surface area contributed by atoms with Gasteiger partial charge >= 0.3 is 5.97 Å². The number of carboxylic acids is 1. The molecule has 1 aromatic carbocycles. The summed E-state index contributed by atoms with van der Waals surface area (Å²) in [5, 5.41) is 9.46. The highest BCUT2D eigenvalue weighted by atomic mass is 32.2. The summed E-state index contributed by atoms with van der Waals surface area (Å²) in [6.07, 6.45) is 4.19. The molecule has 1 saturated heterocycles. The van der Waals surface area contributed by atoms with Crippen molar-refractivity contribution >= 4 is 17.7 Å². The second kappa shape index (κ2) is 5.56. The number of thioether (sulfide) groups is 1. The lowest BCUT2D eigenvalue weighted by atomic mass is 10.1. The molecule has 17 heavy (non-hydrogen) atoms. The van der Waals surface area contributed by atoms with E-state index >= 15 is 0 Å². The Hall–Kier alpha value is -1.00. The molecular formula is C13H17NO2S. The monoisotopic (exact) mass is 251 g/mol.